The van der Waals surface area contributed by atoms with Gasteiger partial charge >= 0.3 is 0 Å². The molecule has 2 heterocycles. The Hall–Kier alpha value is -0.780. The average molecular weight is 367 g/mol. The fourth-order valence-corrected chi connectivity index (χ4v) is 4.33. The van der Waals surface area contributed by atoms with Crippen LogP contribution in [0.15, 0.2) is 16.6 Å². The minimum Gasteiger partial charge on any atom is -0.454 e. The Labute approximate surface area is 140 Å². The van der Waals surface area contributed by atoms with Gasteiger partial charge in [0.15, 0.2) is 11.5 Å². The van der Waals surface area contributed by atoms with Crippen molar-refractivity contribution in [1.29, 1.82) is 0 Å². The minimum atomic E-state index is 0.339. The number of halogens is 1. The summed E-state index contributed by atoms with van der Waals surface area (Å²) in [6.07, 6.45) is 5.67. The van der Waals surface area contributed by atoms with Crippen LogP contribution >= 0.6 is 15.9 Å². The third-order valence-corrected chi connectivity index (χ3v) is 5.92. The van der Waals surface area contributed by atoms with E-state index in [1.54, 1.807) is 0 Å². The first-order valence-corrected chi connectivity index (χ1v) is 9.13. The van der Waals surface area contributed by atoms with Gasteiger partial charge in [-0.25, -0.2) is 0 Å². The smallest absolute Gasteiger partial charge is 0.231 e. The Morgan fingerprint density at radius 2 is 1.68 bits per heavy atom. The second-order valence-electron chi connectivity index (χ2n) is 6.55. The van der Waals surface area contributed by atoms with E-state index < -0.39 is 0 Å². The summed E-state index contributed by atoms with van der Waals surface area (Å²) < 4.78 is 12.0. The first-order valence-electron chi connectivity index (χ1n) is 8.34. The van der Waals surface area contributed by atoms with E-state index >= 15 is 0 Å². The molecule has 22 heavy (non-hydrogen) atoms. The normalized spacial score (nSPS) is 23.3. The van der Waals surface area contributed by atoms with E-state index in [1.165, 1.54) is 44.3 Å². The standard InChI is InChI=1S/C17H23BrN2O2/c18-15-10-17-16(21-12-22-17)9-13(15)11-19-5-7-20(8-6-19)14-3-1-2-4-14/h9-10,14H,1-8,11-12H2. The molecule has 0 radical (unpaired) electrons. The summed E-state index contributed by atoms with van der Waals surface area (Å²) in [6, 6.07) is 5.02. The summed E-state index contributed by atoms with van der Waals surface area (Å²) in [5.74, 6) is 1.73. The molecule has 5 heteroatoms. The molecule has 1 aliphatic carbocycles. The molecule has 0 unspecified atom stereocenters. The zero-order chi connectivity index (χ0) is 14.9. The number of rotatable bonds is 3. The summed E-state index contributed by atoms with van der Waals surface area (Å²) in [5, 5.41) is 0. The summed E-state index contributed by atoms with van der Waals surface area (Å²) in [5.41, 5.74) is 1.29. The molecule has 0 spiro atoms. The van der Waals surface area contributed by atoms with Gasteiger partial charge in [-0.3, -0.25) is 9.80 Å². The molecule has 120 valence electrons. The largest absolute Gasteiger partial charge is 0.454 e. The van der Waals surface area contributed by atoms with Gasteiger partial charge in [0.1, 0.15) is 0 Å². The molecule has 0 bridgehead atoms. The van der Waals surface area contributed by atoms with E-state index in [9.17, 15) is 0 Å². The fourth-order valence-electron chi connectivity index (χ4n) is 3.88. The highest BCUT2D eigenvalue weighted by atomic mass is 79.9. The Kier molecular flexibility index (Phi) is 4.29. The van der Waals surface area contributed by atoms with Gasteiger partial charge in [-0.1, -0.05) is 28.8 Å². The van der Waals surface area contributed by atoms with E-state index in [2.05, 4.69) is 31.8 Å². The Bertz CT molecular complexity index is 538. The zero-order valence-corrected chi connectivity index (χ0v) is 14.5. The van der Waals surface area contributed by atoms with Crippen LogP contribution in [0.1, 0.15) is 31.2 Å². The van der Waals surface area contributed by atoms with Gasteiger partial charge in [0, 0.05) is 43.2 Å². The topological polar surface area (TPSA) is 24.9 Å². The first kappa shape index (κ1) is 14.8. The quantitative estimate of drug-likeness (QED) is 0.819. The number of hydrogen-bond acceptors (Lipinski definition) is 4. The van der Waals surface area contributed by atoms with Crippen molar-refractivity contribution in [3.05, 3.63) is 22.2 Å². The minimum absolute atomic E-state index is 0.339. The maximum absolute atomic E-state index is 5.50. The molecular weight excluding hydrogens is 344 g/mol. The van der Waals surface area contributed by atoms with Crippen LogP contribution in [0.2, 0.25) is 0 Å². The molecule has 0 N–H and O–H groups in total. The third kappa shape index (κ3) is 2.99. The SMILES string of the molecule is Brc1cc2c(cc1CN1CCN(C3CCCC3)CC1)OCO2. The van der Waals surface area contributed by atoms with Gasteiger partial charge in [-0.2, -0.15) is 0 Å². The van der Waals surface area contributed by atoms with Crippen molar-refractivity contribution in [2.75, 3.05) is 33.0 Å². The second kappa shape index (κ2) is 6.38. The van der Waals surface area contributed by atoms with Crippen molar-refractivity contribution in [3.8, 4) is 11.5 Å². The number of benzene rings is 1. The van der Waals surface area contributed by atoms with Crippen LogP contribution in [0.25, 0.3) is 0 Å². The molecule has 1 saturated heterocycles. The van der Waals surface area contributed by atoms with Crippen LogP contribution in [0.4, 0.5) is 0 Å². The average Bonchev–Trinajstić information content (AvgIpc) is 3.19. The molecule has 2 fully saturated rings. The molecule has 1 aromatic carbocycles. The molecule has 4 nitrogen and oxygen atoms in total. The lowest BCUT2D eigenvalue weighted by molar-refractivity contribution is 0.0935. The summed E-state index contributed by atoms with van der Waals surface area (Å²) in [6.45, 7) is 6.08. The summed E-state index contributed by atoms with van der Waals surface area (Å²) >= 11 is 3.67. The summed E-state index contributed by atoms with van der Waals surface area (Å²) in [7, 11) is 0. The van der Waals surface area contributed by atoms with Crippen LogP contribution in [0.5, 0.6) is 11.5 Å². The molecule has 2 aliphatic heterocycles. The van der Waals surface area contributed by atoms with Gasteiger partial charge < -0.3 is 9.47 Å². The van der Waals surface area contributed by atoms with Crippen LogP contribution in [-0.2, 0) is 6.54 Å². The molecule has 0 aromatic heterocycles. The van der Waals surface area contributed by atoms with E-state index in [0.717, 1.165) is 41.6 Å². The number of nitrogens with zero attached hydrogens (tertiary/aromatic N) is 2. The molecule has 1 saturated carbocycles. The molecule has 0 atom stereocenters. The van der Waals surface area contributed by atoms with Crippen LogP contribution in [0, 0.1) is 0 Å². The number of fused-ring (bicyclic) bond motifs is 1. The van der Waals surface area contributed by atoms with Crippen molar-refractivity contribution >= 4 is 15.9 Å². The van der Waals surface area contributed by atoms with Crippen molar-refractivity contribution in [3.63, 3.8) is 0 Å². The predicted octanol–water partition coefficient (Wildman–Crippen LogP) is 3.24. The number of hydrogen-bond donors (Lipinski definition) is 0. The van der Waals surface area contributed by atoms with E-state index in [4.69, 9.17) is 9.47 Å². The Balaban J connectivity index is 1.36. The Morgan fingerprint density at radius 1 is 1.00 bits per heavy atom. The highest BCUT2D eigenvalue weighted by molar-refractivity contribution is 9.10. The van der Waals surface area contributed by atoms with Crippen molar-refractivity contribution in [2.45, 2.75) is 38.3 Å². The van der Waals surface area contributed by atoms with Crippen LogP contribution in [0.3, 0.4) is 0 Å². The van der Waals surface area contributed by atoms with E-state index in [0.29, 0.717) is 6.79 Å². The highest BCUT2D eigenvalue weighted by Crippen LogP contribution is 2.37. The molecule has 4 rings (SSSR count). The zero-order valence-electron chi connectivity index (χ0n) is 12.9. The van der Waals surface area contributed by atoms with E-state index in [-0.39, 0.29) is 0 Å². The Morgan fingerprint density at radius 3 is 2.41 bits per heavy atom. The van der Waals surface area contributed by atoms with Gasteiger partial charge in [0.2, 0.25) is 6.79 Å². The van der Waals surface area contributed by atoms with Gasteiger partial charge in [-0.15, -0.1) is 0 Å². The van der Waals surface area contributed by atoms with Crippen LogP contribution in [-0.4, -0.2) is 48.8 Å². The highest BCUT2D eigenvalue weighted by Gasteiger charge is 2.26. The van der Waals surface area contributed by atoms with Crippen molar-refractivity contribution in [1.82, 2.24) is 9.80 Å². The van der Waals surface area contributed by atoms with Crippen molar-refractivity contribution < 1.29 is 9.47 Å². The fraction of sp³-hybridized carbons (Fsp3) is 0.647. The summed E-state index contributed by atoms with van der Waals surface area (Å²) in [4.78, 5) is 5.26. The molecule has 3 aliphatic rings. The molecule has 0 amide bonds. The monoisotopic (exact) mass is 366 g/mol. The molecular formula is C17H23BrN2O2. The lowest BCUT2D eigenvalue weighted by Gasteiger charge is -2.38. The lowest BCUT2D eigenvalue weighted by Crippen LogP contribution is -2.49. The van der Waals surface area contributed by atoms with Gasteiger partial charge in [-0.05, 0) is 30.5 Å². The third-order valence-electron chi connectivity index (χ3n) is 5.18. The van der Waals surface area contributed by atoms with Crippen LogP contribution < -0.4 is 9.47 Å². The maximum atomic E-state index is 5.50. The van der Waals surface area contributed by atoms with Crippen molar-refractivity contribution in [2.24, 2.45) is 0 Å². The maximum Gasteiger partial charge on any atom is 0.231 e. The predicted molar refractivity (Wildman–Crippen MR) is 89.4 cm³/mol. The first-order chi connectivity index (χ1) is 10.8. The van der Waals surface area contributed by atoms with Gasteiger partial charge in [0.05, 0.1) is 0 Å². The number of ether oxygens (including phenoxy) is 2. The lowest BCUT2D eigenvalue weighted by atomic mass is 10.1. The number of piperazine rings is 1. The van der Waals surface area contributed by atoms with Gasteiger partial charge in [0.25, 0.3) is 0 Å². The second-order valence-corrected chi connectivity index (χ2v) is 7.40. The van der Waals surface area contributed by atoms with E-state index in [1.807, 2.05) is 6.07 Å². The molecule has 1 aromatic rings.